The standard InChI is InChI=1S/C22H25N5OS/c1-26(2)18-12-8-16(9-13-18)14-23-20(28)15-29-22-24-21(17-10-11-17)27(25-22)19-6-4-3-5-7-19/h3-9,12-13,17H,10-11,14-15H2,1-2H3,(H,23,28). The predicted octanol–water partition coefficient (Wildman–Crippen LogP) is 3.62. The maximum absolute atomic E-state index is 12.3. The third-order valence-electron chi connectivity index (χ3n) is 4.83. The summed E-state index contributed by atoms with van der Waals surface area (Å²) in [6, 6.07) is 18.2. The molecule has 4 rings (SSSR count). The molecule has 0 spiro atoms. The minimum atomic E-state index is -0.0179. The van der Waals surface area contributed by atoms with Crippen molar-refractivity contribution in [3.05, 3.63) is 66.0 Å². The molecule has 0 unspecified atom stereocenters. The topological polar surface area (TPSA) is 63.1 Å². The predicted molar refractivity (Wildman–Crippen MR) is 117 cm³/mol. The molecule has 0 radical (unpaired) electrons. The summed E-state index contributed by atoms with van der Waals surface area (Å²) in [6.45, 7) is 0.520. The first-order valence-electron chi connectivity index (χ1n) is 9.78. The van der Waals surface area contributed by atoms with E-state index in [1.807, 2.05) is 61.2 Å². The number of anilines is 1. The molecule has 3 aromatic rings. The number of amides is 1. The van der Waals surface area contributed by atoms with Crippen molar-refractivity contribution in [1.29, 1.82) is 0 Å². The fourth-order valence-electron chi connectivity index (χ4n) is 3.02. The lowest BCUT2D eigenvalue weighted by atomic mass is 10.2. The first kappa shape index (κ1) is 19.5. The lowest BCUT2D eigenvalue weighted by Crippen LogP contribution is -2.24. The molecule has 29 heavy (non-hydrogen) atoms. The van der Waals surface area contributed by atoms with Gasteiger partial charge in [-0.1, -0.05) is 42.1 Å². The lowest BCUT2D eigenvalue weighted by Gasteiger charge is -2.12. The molecule has 1 N–H and O–H groups in total. The maximum Gasteiger partial charge on any atom is 0.230 e. The van der Waals surface area contributed by atoms with Gasteiger partial charge in [-0.2, -0.15) is 0 Å². The number of hydrogen-bond donors (Lipinski definition) is 1. The molecule has 6 nitrogen and oxygen atoms in total. The van der Waals surface area contributed by atoms with Gasteiger partial charge in [0.2, 0.25) is 11.1 Å². The van der Waals surface area contributed by atoms with E-state index in [0.717, 1.165) is 35.6 Å². The third kappa shape index (κ3) is 4.98. The van der Waals surface area contributed by atoms with E-state index in [4.69, 9.17) is 4.98 Å². The quantitative estimate of drug-likeness (QED) is 0.578. The van der Waals surface area contributed by atoms with Crippen LogP contribution in [-0.2, 0) is 11.3 Å². The minimum absolute atomic E-state index is 0.0179. The van der Waals surface area contributed by atoms with E-state index in [2.05, 4.69) is 27.4 Å². The van der Waals surface area contributed by atoms with Crippen LogP contribution in [0.4, 0.5) is 5.69 Å². The Balaban J connectivity index is 1.33. The van der Waals surface area contributed by atoms with E-state index in [-0.39, 0.29) is 5.91 Å². The number of carbonyl (C=O) groups is 1. The zero-order valence-electron chi connectivity index (χ0n) is 16.7. The zero-order valence-corrected chi connectivity index (χ0v) is 17.5. The van der Waals surface area contributed by atoms with Crippen LogP contribution in [0, 0.1) is 0 Å². The van der Waals surface area contributed by atoms with Gasteiger partial charge >= 0.3 is 0 Å². The second-order valence-corrected chi connectivity index (χ2v) is 8.34. The van der Waals surface area contributed by atoms with Crippen LogP contribution in [0.25, 0.3) is 5.69 Å². The number of nitrogens with zero attached hydrogens (tertiary/aromatic N) is 4. The molecular formula is C22H25N5OS. The molecule has 7 heteroatoms. The van der Waals surface area contributed by atoms with Gasteiger partial charge in [0.05, 0.1) is 11.4 Å². The summed E-state index contributed by atoms with van der Waals surface area (Å²) in [5, 5.41) is 8.27. The molecule has 0 bridgehead atoms. The molecule has 1 aliphatic carbocycles. The summed E-state index contributed by atoms with van der Waals surface area (Å²) in [7, 11) is 4.02. The number of rotatable bonds is 8. The Hall–Kier alpha value is -2.80. The van der Waals surface area contributed by atoms with Gasteiger partial charge in [0.1, 0.15) is 5.82 Å². The fourth-order valence-corrected chi connectivity index (χ4v) is 3.68. The largest absolute Gasteiger partial charge is 0.378 e. The van der Waals surface area contributed by atoms with Crippen molar-refractivity contribution in [3.63, 3.8) is 0 Å². The van der Waals surface area contributed by atoms with E-state index in [1.54, 1.807) is 0 Å². The summed E-state index contributed by atoms with van der Waals surface area (Å²) in [5.74, 6) is 1.77. The molecule has 1 aromatic heterocycles. The van der Waals surface area contributed by atoms with Crippen molar-refractivity contribution in [1.82, 2.24) is 20.1 Å². The lowest BCUT2D eigenvalue weighted by molar-refractivity contribution is -0.118. The zero-order chi connectivity index (χ0) is 20.2. The normalized spacial score (nSPS) is 13.3. The molecule has 150 valence electrons. The van der Waals surface area contributed by atoms with E-state index in [1.165, 1.54) is 11.8 Å². The van der Waals surface area contributed by atoms with Crippen molar-refractivity contribution in [3.8, 4) is 5.69 Å². The number of carbonyl (C=O) groups excluding carboxylic acids is 1. The van der Waals surface area contributed by atoms with Crippen molar-refractivity contribution in [2.75, 3.05) is 24.7 Å². The second-order valence-electron chi connectivity index (χ2n) is 7.40. The average Bonchev–Trinajstić information content (AvgIpc) is 3.51. The van der Waals surface area contributed by atoms with Crippen LogP contribution < -0.4 is 10.2 Å². The summed E-state index contributed by atoms with van der Waals surface area (Å²) in [6.07, 6.45) is 2.31. The van der Waals surface area contributed by atoms with Gasteiger partial charge in [0, 0.05) is 32.2 Å². The van der Waals surface area contributed by atoms with Crippen LogP contribution in [0.15, 0.2) is 59.8 Å². The van der Waals surface area contributed by atoms with Crippen LogP contribution in [0.5, 0.6) is 0 Å². The molecular weight excluding hydrogens is 382 g/mol. The van der Waals surface area contributed by atoms with E-state index in [9.17, 15) is 4.79 Å². The molecule has 0 saturated heterocycles. The Morgan fingerprint density at radius 2 is 1.86 bits per heavy atom. The average molecular weight is 408 g/mol. The molecule has 1 amide bonds. The summed E-state index contributed by atoms with van der Waals surface area (Å²) >= 11 is 1.38. The highest BCUT2D eigenvalue weighted by molar-refractivity contribution is 7.99. The summed E-state index contributed by atoms with van der Waals surface area (Å²) < 4.78 is 1.92. The summed E-state index contributed by atoms with van der Waals surface area (Å²) in [5.41, 5.74) is 3.23. The fraction of sp³-hybridized carbons (Fsp3) is 0.318. The highest BCUT2D eigenvalue weighted by Gasteiger charge is 2.30. The number of aromatic nitrogens is 3. The molecule has 0 atom stereocenters. The maximum atomic E-state index is 12.3. The van der Waals surface area contributed by atoms with Crippen LogP contribution in [0.1, 0.15) is 30.1 Å². The Kier molecular flexibility index (Phi) is 5.85. The van der Waals surface area contributed by atoms with Gasteiger partial charge in [-0.3, -0.25) is 4.79 Å². The Bertz CT molecular complexity index is 965. The van der Waals surface area contributed by atoms with Crippen LogP contribution in [0.3, 0.4) is 0 Å². The first-order valence-corrected chi connectivity index (χ1v) is 10.8. The number of nitrogens with one attached hydrogen (secondary N) is 1. The molecule has 1 saturated carbocycles. The van der Waals surface area contributed by atoms with Crippen molar-refractivity contribution in [2.45, 2.75) is 30.5 Å². The number of thioether (sulfide) groups is 1. The number of para-hydroxylation sites is 1. The molecule has 1 heterocycles. The third-order valence-corrected chi connectivity index (χ3v) is 5.67. The SMILES string of the molecule is CN(C)c1ccc(CNC(=O)CSc2nc(C3CC3)n(-c3ccccc3)n2)cc1. The Morgan fingerprint density at radius 1 is 1.14 bits per heavy atom. The molecule has 1 fully saturated rings. The van der Waals surface area contributed by atoms with Gasteiger partial charge in [0.15, 0.2) is 0 Å². The first-order chi connectivity index (χ1) is 14.1. The summed E-state index contributed by atoms with van der Waals surface area (Å²) in [4.78, 5) is 19.0. The Labute approximate surface area is 175 Å². The van der Waals surface area contributed by atoms with Crippen LogP contribution >= 0.6 is 11.8 Å². The van der Waals surface area contributed by atoms with Gasteiger partial charge in [-0.15, -0.1) is 5.10 Å². The van der Waals surface area contributed by atoms with Gasteiger partial charge < -0.3 is 10.2 Å². The van der Waals surface area contributed by atoms with Gasteiger partial charge in [-0.05, 0) is 42.7 Å². The van der Waals surface area contributed by atoms with Crippen LogP contribution in [-0.4, -0.2) is 40.5 Å². The van der Waals surface area contributed by atoms with E-state index < -0.39 is 0 Å². The Morgan fingerprint density at radius 3 is 2.52 bits per heavy atom. The monoisotopic (exact) mass is 407 g/mol. The highest BCUT2D eigenvalue weighted by Crippen LogP contribution is 2.40. The van der Waals surface area contributed by atoms with Gasteiger partial charge in [0.25, 0.3) is 0 Å². The highest BCUT2D eigenvalue weighted by atomic mass is 32.2. The smallest absolute Gasteiger partial charge is 0.230 e. The van der Waals surface area contributed by atoms with E-state index >= 15 is 0 Å². The second kappa shape index (κ2) is 8.69. The van der Waals surface area contributed by atoms with E-state index in [0.29, 0.717) is 23.4 Å². The van der Waals surface area contributed by atoms with Crippen molar-refractivity contribution >= 4 is 23.4 Å². The van der Waals surface area contributed by atoms with Gasteiger partial charge in [-0.25, -0.2) is 9.67 Å². The molecule has 2 aromatic carbocycles. The molecule has 1 aliphatic rings. The van der Waals surface area contributed by atoms with Crippen molar-refractivity contribution in [2.24, 2.45) is 0 Å². The minimum Gasteiger partial charge on any atom is -0.378 e. The molecule has 0 aliphatic heterocycles. The van der Waals surface area contributed by atoms with Crippen molar-refractivity contribution < 1.29 is 4.79 Å². The number of benzene rings is 2. The number of hydrogen-bond acceptors (Lipinski definition) is 5. The van der Waals surface area contributed by atoms with Crippen LogP contribution in [0.2, 0.25) is 0 Å².